The van der Waals surface area contributed by atoms with Gasteiger partial charge in [-0.3, -0.25) is 0 Å². The number of thiophene rings is 1. The zero-order valence-corrected chi connectivity index (χ0v) is 8.19. The number of nitrogens with one attached hydrogen (secondary N) is 1. The van der Waals surface area contributed by atoms with Crippen LogP contribution in [0.3, 0.4) is 0 Å². The molecule has 0 radical (unpaired) electrons. The second kappa shape index (κ2) is 2.87. The maximum atomic E-state index is 6.86. The number of hydrogen-bond acceptors (Lipinski definition) is 5. The molecule has 0 fully saturated rings. The van der Waals surface area contributed by atoms with Crippen molar-refractivity contribution in [2.45, 2.75) is 0 Å². The molecule has 0 bridgehead atoms. The van der Waals surface area contributed by atoms with Crippen LogP contribution >= 0.6 is 27.3 Å². The van der Waals surface area contributed by atoms with Gasteiger partial charge in [0.1, 0.15) is 16.5 Å². The van der Waals surface area contributed by atoms with Crippen LogP contribution in [0.4, 0.5) is 5.82 Å². The van der Waals surface area contributed by atoms with Gasteiger partial charge in [0.25, 0.3) is 0 Å². The van der Waals surface area contributed by atoms with Crippen molar-refractivity contribution in [3.63, 3.8) is 0 Å². The molecule has 2 aromatic rings. The summed E-state index contributed by atoms with van der Waals surface area (Å²) in [4.78, 5) is 7.92. The molecule has 1 N–H and O–H groups in total. The van der Waals surface area contributed by atoms with Crippen LogP contribution < -0.4 is 0 Å². The lowest BCUT2D eigenvalue weighted by atomic mass is 10.4. The van der Waals surface area contributed by atoms with Gasteiger partial charge in [0, 0.05) is 5.38 Å². The van der Waals surface area contributed by atoms with E-state index in [1.54, 1.807) is 0 Å². The Morgan fingerprint density at radius 1 is 1.50 bits per heavy atom. The number of hydrogen-bond donors (Lipinski definition) is 1. The molecule has 0 spiro atoms. The number of rotatable bonds is 1. The highest BCUT2D eigenvalue weighted by Crippen LogP contribution is 2.33. The number of halogens is 1. The van der Waals surface area contributed by atoms with Gasteiger partial charge in [0.15, 0.2) is 5.82 Å². The molecule has 12 heavy (non-hydrogen) atoms. The highest BCUT2D eigenvalue weighted by atomic mass is 79.9. The molecule has 0 aliphatic rings. The fourth-order valence-electron chi connectivity index (χ4n) is 0.889. The molecular weight excluding hydrogens is 240 g/mol. The first-order valence-electron chi connectivity index (χ1n) is 3.08. The molecule has 2 aromatic heterocycles. The summed E-state index contributed by atoms with van der Waals surface area (Å²) in [6, 6.07) is 0. The van der Waals surface area contributed by atoms with E-state index in [-0.39, 0.29) is 0 Å². The summed E-state index contributed by atoms with van der Waals surface area (Å²) in [7, 11) is 0. The van der Waals surface area contributed by atoms with E-state index in [1.165, 1.54) is 17.7 Å². The summed E-state index contributed by atoms with van der Waals surface area (Å²) in [6.07, 6.45) is 1.41. The fourth-order valence-corrected chi connectivity index (χ4v) is 2.41. The maximum absolute atomic E-state index is 6.86. The predicted octanol–water partition coefficient (Wildman–Crippen LogP) is 3.12. The Kier molecular flexibility index (Phi) is 1.86. The predicted molar refractivity (Wildman–Crippen MR) is 49.9 cm³/mol. The van der Waals surface area contributed by atoms with Crippen LogP contribution in [-0.4, -0.2) is 9.97 Å². The first-order chi connectivity index (χ1) is 5.83. The topological polar surface area (TPSA) is 62.0 Å². The quantitative estimate of drug-likeness (QED) is 0.782. The van der Waals surface area contributed by atoms with E-state index in [0.717, 1.165) is 14.7 Å². The second-order valence-electron chi connectivity index (χ2n) is 2.07. The van der Waals surface area contributed by atoms with Crippen molar-refractivity contribution in [3.8, 4) is 0 Å². The van der Waals surface area contributed by atoms with Gasteiger partial charge in [0.2, 0.25) is 0 Å². The summed E-state index contributed by atoms with van der Waals surface area (Å²) in [5.74, 6) is 0.427. The lowest BCUT2D eigenvalue weighted by molar-refractivity contribution is 1.09. The van der Waals surface area contributed by atoms with Crippen molar-refractivity contribution >= 4 is 43.3 Å². The molecule has 0 saturated carbocycles. The zero-order chi connectivity index (χ0) is 8.55. The summed E-state index contributed by atoms with van der Waals surface area (Å²) in [5, 5.41) is 5.21. The Bertz CT molecular complexity index is 438. The number of fused-ring (bicyclic) bond motifs is 1. The molecule has 0 atom stereocenters. The Balaban J connectivity index is 2.89. The Labute approximate surface area is 80.3 Å². The standard InChI is InChI=1S/C6H3BrN4S/c7-3-1-12-5-4(3)9-2-10-6(5)11-8/h1-2,8H. The van der Waals surface area contributed by atoms with Crippen molar-refractivity contribution in [2.75, 3.05) is 0 Å². The van der Waals surface area contributed by atoms with E-state index in [1.807, 2.05) is 5.38 Å². The Morgan fingerprint density at radius 2 is 2.33 bits per heavy atom. The highest BCUT2D eigenvalue weighted by molar-refractivity contribution is 9.10. The molecule has 0 saturated heterocycles. The molecule has 2 rings (SSSR count). The van der Waals surface area contributed by atoms with Crippen LogP contribution in [0.25, 0.3) is 10.2 Å². The summed E-state index contributed by atoms with van der Waals surface area (Å²) in [6.45, 7) is 0. The smallest absolute Gasteiger partial charge is 0.194 e. The van der Waals surface area contributed by atoms with E-state index < -0.39 is 0 Å². The van der Waals surface area contributed by atoms with Crippen LogP contribution in [0.5, 0.6) is 0 Å². The first-order valence-corrected chi connectivity index (χ1v) is 4.75. The molecule has 0 aliphatic carbocycles. The molecule has 4 nitrogen and oxygen atoms in total. The second-order valence-corrected chi connectivity index (χ2v) is 3.80. The normalized spacial score (nSPS) is 10.4. The SMILES string of the molecule is N=Nc1ncnc2c(Br)csc12. The van der Waals surface area contributed by atoms with Gasteiger partial charge in [0.05, 0.1) is 4.47 Å². The van der Waals surface area contributed by atoms with Crippen LogP contribution in [0.1, 0.15) is 0 Å². The average molecular weight is 243 g/mol. The molecule has 0 aromatic carbocycles. The fraction of sp³-hybridized carbons (Fsp3) is 0. The molecule has 6 heteroatoms. The van der Waals surface area contributed by atoms with Gasteiger partial charge in [-0.05, 0) is 15.9 Å². The third kappa shape index (κ3) is 1.03. The first kappa shape index (κ1) is 7.75. The molecule has 0 aliphatic heterocycles. The van der Waals surface area contributed by atoms with Crippen LogP contribution in [0.15, 0.2) is 21.3 Å². The van der Waals surface area contributed by atoms with E-state index >= 15 is 0 Å². The third-order valence-electron chi connectivity index (χ3n) is 1.40. The summed E-state index contributed by atoms with van der Waals surface area (Å²) < 4.78 is 1.77. The zero-order valence-electron chi connectivity index (χ0n) is 5.78. The lowest BCUT2D eigenvalue weighted by Crippen LogP contribution is -1.77. The van der Waals surface area contributed by atoms with E-state index in [2.05, 4.69) is 31.0 Å². The van der Waals surface area contributed by atoms with Gasteiger partial charge in [-0.2, -0.15) is 0 Å². The summed E-state index contributed by atoms with van der Waals surface area (Å²) in [5.41, 5.74) is 7.68. The molecular formula is C6H3BrN4S. The van der Waals surface area contributed by atoms with Gasteiger partial charge >= 0.3 is 0 Å². The Hall–Kier alpha value is -0.880. The number of nitrogens with zero attached hydrogens (tertiary/aromatic N) is 3. The minimum atomic E-state index is 0.427. The van der Waals surface area contributed by atoms with E-state index in [9.17, 15) is 0 Å². The lowest BCUT2D eigenvalue weighted by Gasteiger charge is -1.90. The van der Waals surface area contributed by atoms with Crippen LogP contribution in [0.2, 0.25) is 0 Å². The summed E-state index contributed by atoms with van der Waals surface area (Å²) >= 11 is 4.83. The average Bonchev–Trinajstić information content (AvgIpc) is 2.48. The number of aromatic nitrogens is 2. The molecule has 2 heterocycles. The van der Waals surface area contributed by atoms with Gasteiger partial charge in [-0.1, -0.05) is 0 Å². The molecule has 60 valence electrons. The minimum Gasteiger partial charge on any atom is -0.234 e. The van der Waals surface area contributed by atoms with Crippen LogP contribution in [0, 0.1) is 5.53 Å². The van der Waals surface area contributed by atoms with Crippen molar-refractivity contribution in [2.24, 2.45) is 5.11 Å². The Morgan fingerprint density at radius 3 is 3.08 bits per heavy atom. The van der Waals surface area contributed by atoms with Crippen molar-refractivity contribution in [1.29, 1.82) is 5.53 Å². The van der Waals surface area contributed by atoms with Crippen molar-refractivity contribution < 1.29 is 0 Å². The largest absolute Gasteiger partial charge is 0.234 e. The maximum Gasteiger partial charge on any atom is 0.194 e. The molecule has 0 amide bonds. The van der Waals surface area contributed by atoms with Crippen LogP contribution in [-0.2, 0) is 0 Å². The third-order valence-corrected chi connectivity index (χ3v) is 3.27. The van der Waals surface area contributed by atoms with E-state index in [0.29, 0.717) is 5.82 Å². The van der Waals surface area contributed by atoms with Crippen molar-refractivity contribution in [1.82, 2.24) is 9.97 Å². The monoisotopic (exact) mass is 242 g/mol. The highest BCUT2D eigenvalue weighted by Gasteiger charge is 2.07. The van der Waals surface area contributed by atoms with E-state index in [4.69, 9.17) is 5.53 Å². The minimum absolute atomic E-state index is 0.427. The van der Waals surface area contributed by atoms with Crippen molar-refractivity contribution in [3.05, 3.63) is 16.2 Å². The molecule has 0 unspecified atom stereocenters. The van der Waals surface area contributed by atoms with Gasteiger partial charge in [-0.15, -0.1) is 16.5 Å². The van der Waals surface area contributed by atoms with Gasteiger partial charge in [-0.25, -0.2) is 15.5 Å². The van der Waals surface area contributed by atoms with Gasteiger partial charge < -0.3 is 0 Å².